The number of aryl methyl sites for hydroxylation is 1. The molecule has 0 saturated carbocycles. The zero-order chi connectivity index (χ0) is 21.8. The summed E-state index contributed by atoms with van der Waals surface area (Å²) in [5.41, 5.74) is 2.73. The standard InChI is InChI=1S/C20H23N5O4S/c1-6-29-19(27)16-11(2)17(21-12(16)3)18(26)13(4)30-20-22-23-24-25(20)14-7-9-15(28-5)10-8-14/h7-10,13,21H,6H2,1-5H3/t13-/m0/s1. The molecule has 3 aromatic rings. The van der Waals surface area contributed by atoms with Crippen molar-refractivity contribution in [1.82, 2.24) is 25.2 Å². The minimum atomic E-state index is -0.486. The molecule has 2 heterocycles. The second-order valence-corrected chi connectivity index (χ2v) is 7.85. The second kappa shape index (κ2) is 9.12. The fraction of sp³-hybridized carbons (Fsp3) is 0.350. The molecule has 10 heteroatoms. The highest BCUT2D eigenvalue weighted by molar-refractivity contribution is 8.00. The molecule has 2 aromatic heterocycles. The van der Waals surface area contributed by atoms with Crippen LogP contribution in [0.1, 0.15) is 46.0 Å². The van der Waals surface area contributed by atoms with E-state index in [4.69, 9.17) is 9.47 Å². The van der Waals surface area contributed by atoms with Gasteiger partial charge in [0.1, 0.15) is 5.75 Å². The first-order valence-corrected chi connectivity index (χ1v) is 10.2. The molecule has 1 aromatic carbocycles. The molecule has 1 atom stereocenters. The smallest absolute Gasteiger partial charge is 0.340 e. The van der Waals surface area contributed by atoms with E-state index in [1.54, 1.807) is 39.5 Å². The van der Waals surface area contributed by atoms with Gasteiger partial charge in [0.15, 0.2) is 5.78 Å². The molecule has 0 fully saturated rings. The molecule has 9 nitrogen and oxygen atoms in total. The Morgan fingerprint density at radius 2 is 1.93 bits per heavy atom. The van der Waals surface area contributed by atoms with Crippen molar-refractivity contribution in [1.29, 1.82) is 0 Å². The van der Waals surface area contributed by atoms with Crippen LogP contribution >= 0.6 is 11.8 Å². The lowest BCUT2D eigenvalue weighted by Gasteiger charge is -2.10. The second-order valence-electron chi connectivity index (χ2n) is 6.54. The molecule has 0 radical (unpaired) electrons. The lowest BCUT2D eigenvalue weighted by Crippen LogP contribution is -2.16. The number of ketones is 1. The Kier molecular flexibility index (Phi) is 6.56. The number of nitrogens with zero attached hydrogens (tertiary/aromatic N) is 4. The fourth-order valence-electron chi connectivity index (χ4n) is 3.06. The molecular weight excluding hydrogens is 406 g/mol. The zero-order valence-corrected chi connectivity index (χ0v) is 18.2. The van der Waals surface area contributed by atoms with Gasteiger partial charge in [-0.05, 0) is 68.0 Å². The van der Waals surface area contributed by atoms with E-state index in [1.807, 2.05) is 24.3 Å². The number of hydrogen-bond donors (Lipinski definition) is 1. The first-order chi connectivity index (χ1) is 14.4. The van der Waals surface area contributed by atoms with Crippen LogP contribution in [-0.2, 0) is 4.74 Å². The van der Waals surface area contributed by atoms with E-state index < -0.39 is 11.2 Å². The van der Waals surface area contributed by atoms with Crippen molar-refractivity contribution < 1.29 is 19.1 Å². The Labute approximate surface area is 178 Å². The molecule has 0 saturated heterocycles. The summed E-state index contributed by atoms with van der Waals surface area (Å²) < 4.78 is 11.8. The van der Waals surface area contributed by atoms with Crippen molar-refractivity contribution >= 4 is 23.5 Å². The monoisotopic (exact) mass is 429 g/mol. The van der Waals surface area contributed by atoms with Gasteiger partial charge < -0.3 is 14.5 Å². The van der Waals surface area contributed by atoms with Crippen LogP contribution in [0, 0.1) is 13.8 Å². The number of nitrogens with one attached hydrogen (secondary N) is 1. The molecule has 0 aliphatic rings. The van der Waals surface area contributed by atoms with Crippen LogP contribution in [0.4, 0.5) is 0 Å². The van der Waals surface area contributed by atoms with Crippen molar-refractivity contribution in [2.24, 2.45) is 0 Å². The van der Waals surface area contributed by atoms with Gasteiger partial charge in [0, 0.05) is 5.69 Å². The first-order valence-electron chi connectivity index (χ1n) is 9.37. The summed E-state index contributed by atoms with van der Waals surface area (Å²) in [6.07, 6.45) is 0. The Morgan fingerprint density at radius 1 is 1.23 bits per heavy atom. The van der Waals surface area contributed by atoms with Gasteiger partial charge in [0.2, 0.25) is 5.16 Å². The van der Waals surface area contributed by atoms with E-state index in [2.05, 4.69) is 20.5 Å². The van der Waals surface area contributed by atoms with Crippen molar-refractivity contribution in [3.8, 4) is 11.4 Å². The molecule has 158 valence electrons. The summed E-state index contributed by atoms with van der Waals surface area (Å²) in [5, 5.41) is 11.8. The number of Topliss-reactive ketones (excluding diaryl/α,β-unsaturated/α-hetero) is 1. The normalized spacial score (nSPS) is 11.9. The molecule has 3 rings (SSSR count). The maximum atomic E-state index is 13.1. The first kappa shape index (κ1) is 21.6. The minimum Gasteiger partial charge on any atom is -0.497 e. The number of aromatic nitrogens is 5. The Balaban J connectivity index is 1.81. The number of esters is 1. The number of tetrazole rings is 1. The van der Waals surface area contributed by atoms with E-state index in [0.29, 0.717) is 27.7 Å². The maximum absolute atomic E-state index is 13.1. The van der Waals surface area contributed by atoms with Gasteiger partial charge in [-0.2, -0.15) is 4.68 Å². The number of ether oxygens (including phenoxy) is 2. The van der Waals surface area contributed by atoms with Crippen LogP contribution in [0.3, 0.4) is 0 Å². The van der Waals surface area contributed by atoms with Crippen LogP contribution in [0.2, 0.25) is 0 Å². The van der Waals surface area contributed by atoms with Crippen LogP contribution in [0.15, 0.2) is 29.4 Å². The number of H-pyrrole nitrogens is 1. The molecule has 0 unspecified atom stereocenters. The van der Waals surface area contributed by atoms with E-state index >= 15 is 0 Å². The number of thioether (sulfide) groups is 1. The Hall–Kier alpha value is -3.14. The van der Waals surface area contributed by atoms with E-state index in [1.165, 1.54) is 11.8 Å². The van der Waals surface area contributed by atoms with Gasteiger partial charge in [-0.3, -0.25) is 4.79 Å². The third-order valence-electron chi connectivity index (χ3n) is 4.57. The molecule has 30 heavy (non-hydrogen) atoms. The van der Waals surface area contributed by atoms with E-state index in [9.17, 15) is 9.59 Å². The molecule has 0 spiro atoms. The van der Waals surface area contributed by atoms with Crippen LogP contribution in [0.5, 0.6) is 5.75 Å². The summed E-state index contributed by atoms with van der Waals surface area (Å²) in [6, 6.07) is 7.27. The maximum Gasteiger partial charge on any atom is 0.340 e. The topological polar surface area (TPSA) is 112 Å². The van der Waals surface area contributed by atoms with Crippen LogP contribution in [0.25, 0.3) is 5.69 Å². The van der Waals surface area contributed by atoms with Gasteiger partial charge >= 0.3 is 5.97 Å². The molecule has 0 amide bonds. The number of hydrogen-bond acceptors (Lipinski definition) is 8. The quantitative estimate of drug-likeness (QED) is 0.330. The SMILES string of the molecule is CCOC(=O)c1c(C)[nH]c(C(=O)[C@H](C)Sc2nnnn2-c2ccc(OC)cc2)c1C. The highest BCUT2D eigenvalue weighted by atomic mass is 32.2. The summed E-state index contributed by atoms with van der Waals surface area (Å²) in [7, 11) is 1.60. The number of carbonyl (C=O) groups is 2. The molecule has 0 aliphatic carbocycles. The lowest BCUT2D eigenvalue weighted by atomic mass is 10.1. The van der Waals surface area contributed by atoms with Gasteiger partial charge in [0.25, 0.3) is 0 Å². The average molecular weight is 430 g/mol. The van der Waals surface area contributed by atoms with Gasteiger partial charge in [0.05, 0.1) is 35.9 Å². The number of rotatable bonds is 8. The largest absolute Gasteiger partial charge is 0.497 e. The molecule has 0 bridgehead atoms. The van der Waals surface area contributed by atoms with Crippen molar-refractivity contribution in [2.75, 3.05) is 13.7 Å². The van der Waals surface area contributed by atoms with Gasteiger partial charge in [-0.25, -0.2) is 4.79 Å². The van der Waals surface area contributed by atoms with Crippen LogP contribution < -0.4 is 4.74 Å². The predicted molar refractivity (Wildman–Crippen MR) is 112 cm³/mol. The van der Waals surface area contributed by atoms with Gasteiger partial charge in [-0.1, -0.05) is 11.8 Å². The summed E-state index contributed by atoms with van der Waals surface area (Å²) in [5.74, 6) is 0.131. The van der Waals surface area contributed by atoms with Crippen LogP contribution in [-0.4, -0.2) is 55.9 Å². The lowest BCUT2D eigenvalue weighted by molar-refractivity contribution is 0.0525. The zero-order valence-electron chi connectivity index (χ0n) is 17.4. The number of carbonyl (C=O) groups excluding carboxylic acids is 2. The molecule has 1 N–H and O–H groups in total. The third-order valence-corrected chi connectivity index (χ3v) is 5.61. The summed E-state index contributed by atoms with van der Waals surface area (Å²) in [6.45, 7) is 7.28. The van der Waals surface area contributed by atoms with Gasteiger partial charge in [-0.15, -0.1) is 5.10 Å². The van der Waals surface area contributed by atoms with Crippen molar-refractivity contribution in [2.45, 2.75) is 38.1 Å². The number of benzene rings is 1. The summed E-state index contributed by atoms with van der Waals surface area (Å²) >= 11 is 1.24. The highest BCUT2D eigenvalue weighted by Crippen LogP contribution is 2.28. The Bertz CT molecular complexity index is 1060. The van der Waals surface area contributed by atoms with E-state index in [0.717, 1.165) is 11.4 Å². The minimum absolute atomic E-state index is 0.152. The third kappa shape index (κ3) is 4.23. The Morgan fingerprint density at radius 3 is 2.57 bits per heavy atom. The average Bonchev–Trinajstić information content (AvgIpc) is 3.31. The molecule has 0 aliphatic heterocycles. The number of aromatic amines is 1. The van der Waals surface area contributed by atoms with Crippen molar-refractivity contribution in [3.63, 3.8) is 0 Å². The summed E-state index contributed by atoms with van der Waals surface area (Å²) in [4.78, 5) is 28.3. The highest BCUT2D eigenvalue weighted by Gasteiger charge is 2.27. The fourth-order valence-corrected chi connectivity index (χ4v) is 3.93. The van der Waals surface area contributed by atoms with Crippen molar-refractivity contribution in [3.05, 3.63) is 46.8 Å². The molecular formula is C20H23N5O4S. The van der Waals surface area contributed by atoms with E-state index in [-0.39, 0.29) is 12.4 Å². The number of methoxy groups -OCH3 is 1. The predicted octanol–water partition coefficient (Wildman–Crippen LogP) is 3.16.